The van der Waals surface area contributed by atoms with Crippen LogP contribution in [0.1, 0.15) is 15.9 Å². The van der Waals surface area contributed by atoms with Crippen molar-refractivity contribution in [3.8, 4) is 5.75 Å². The van der Waals surface area contributed by atoms with Crippen molar-refractivity contribution in [3.63, 3.8) is 0 Å². The number of halogens is 3. The van der Waals surface area contributed by atoms with Gasteiger partial charge in [0.2, 0.25) is 0 Å². The predicted octanol–water partition coefficient (Wildman–Crippen LogP) is 5.01. The second-order valence-electron chi connectivity index (χ2n) is 4.59. The molecule has 21 heavy (non-hydrogen) atoms. The normalized spacial score (nSPS) is 15.8. The van der Waals surface area contributed by atoms with Crippen molar-refractivity contribution in [3.05, 3.63) is 67.9 Å². The van der Waals surface area contributed by atoms with Gasteiger partial charge in [-0.05, 0) is 42.5 Å². The molecule has 0 bridgehead atoms. The fraction of sp³-hybridized carbons (Fsp3) is 0.0625. The maximum absolute atomic E-state index is 13.8. The van der Waals surface area contributed by atoms with Gasteiger partial charge in [0.05, 0.1) is 5.56 Å². The van der Waals surface area contributed by atoms with E-state index in [0.717, 1.165) is 8.95 Å². The third-order valence-electron chi connectivity index (χ3n) is 3.15. The minimum atomic E-state index is -0.376. The SMILES string of the molecule is O=C1/C(=C/c2cc(Br)ccc2F)COc2ccc(Br)cc21. The number of ketones is 1. The number of Topliss-reactive ketones (excluding diaryl/α,β-unsaturated/α-hetero) is 1. The van der Waals surface area contributed by atoms with E-state index in [1.54, 1.807) is 24.3 Å². The second-order valence-corrected chi connectivity index (χ2v) is 6.43. The monoisotopic (exact) mass is 410 g/mol. The van der Waals surface area contributed by atoms with Crippen molar-refractivity contribution in [2.24, 2.45) is 0 Å². The Morgan fingerprint density at radius 3 is 2.62 bits per heavy atom. The molecular formula is C16H9Br2FO2. The van der Waals surface area contributed by atoms with Crippen molar-refractivity contribution in [1.29, 1.82) is 0 Å². The van der Waals surface area contributed by atoms with E-state index in [0.29, 0.717) is 22.4 Å². The summed E-state index contributed by atoms with van der Waals surface area (Å²) in [5.74, 6) is 0.0329. The van der Waals surface area contributed by atoms with Gasteiger partial charge in [-0.3, -0.25) is 4.79 Å². The van der Waals surface area contributed by atoms with Crippen molar-refractivity contribution in [2.45, 2.75) is 0 Å². The molecule has 0 atom stereocenters. The summed E-state index contributed by atoms with van der Waals surface area (Å²) in [6, 6.07) is 9.87. The number of benzene rings is 2. The molecule has 0 aromatic heterocycles. The van der Waals surface area contributed by atoms with Gasteiger partial charge in [0.15, 0.2) is 5.78 Å². The van der Waals surface area contributed by atoms with Crippen LogP contribution in [0.5, 0.6) is 5.75 Å². The molecule has 0 N–H and O–H groups in total. The van der Waals surface area contributed by atoms with Crippen LogP contribution in [0.4, 0.5) is 4.39 Å². The van der Waals surface area contributed by atoms with E-state index in [1.165, 1.54) is 12.1 Å². The quantitative estimate of drug-likeness (QED) is 0.616. The molecule has 0 spiro atoms. The highest BCUT2D eigenvalue weighted by atomic mass is 79.9. The van der Waals surface area contributed by atoms with Crippen molar-refractivity contribution < 1.29 is 13.9 Å². The topological polar surface area (TPSA) is 26.3 Å². The molecule has 2 nitrogen and oxygen atoms in total. The number of hydrogen-bond donors (Lipinski definition) is 0. The van der Waals surface area contributed by atoms with Crippen LogP contribution in [-0.2, 0) is 0 Å². The lowest BCUT2D eigenvalue weighted by molar-refractivity contribution is 0.100. The van der Waals surface area contributed by atoms with Crippen LogP contribution in [0.15, 0.2) is 50.9 Å². The van der Waals surface area contributed by atoms with Gasteiger partial charge in [-0.2, -0.15) is 0 Å². The van der Waals surface area contributed by atoms with Crippen molar-refractivity contribution in [1.82, 2.24) is 0 Å². The van der Waals surface area contributed by atoms with Crippen molar-refractivity contribution in [2.75, 3.05) is 6.61 Å². The number of carbonyl (C=O) groups excluding carboxylic acids is 1. The van der Waals surface area contributed by atoms with Gasteiger partial charge in [-0.1, -0.05) is 31.9 Å². The first-order valence-electron chi connectivity index (χ1n) is 6.17. The molecule has 1 aliphatic rings. The van der Waals surface area contributed by atoms with Gasteiger partial charge in [0, 0.05) is 20.1 Å². The molecule has 0 saturated heterocycles. The van der Waals surface area contributed by atoms with E-state index in [4.69, 9.17) is 4.74 Å². The minimum Gasteiger partial charge on any atom is -0.488 e. The van der Waals surface area contributed by atoms with E-state index < -0.39 is 0 Å². The zero-order valence-corrected chi connectivity index (χ0v) is 13.9. The fourth-order valence-corrected chi connectivity index (χ4v) is 2.86. The van der Waals surface area contributed by atoms with Crippen LogP contribution >= 0.6 is 31.9 Å². The molecule has 0 amide bonds. The van der Waals surface area contributed by atoms with Gasteiger partial charge in [-0.15, -0.1) is 0 Å². The molecule has 106 valence electrons. The van der Waals surface area contributed by atoms with E-state index in [-0.39, 0.29) is 18.2 Å². The van der Waals surface area contributed by atoms with Crippen LogP contribution in [0.25, 0.3) is 6.08 Å². The molecule has 0 saturated carbocycles. The third-order valence-corrected chi connectivity index (χ3v) is 4.14. The first kappa shape index (κ1) is 14.5. The molecule has 1 aliphatic heterocycles. The largest absolute Gasteiger partial charge is 0.488 e. The van der Waals surface area contributed by atoms with Crippen LogP contribution in [0.2, 0.25) is 0 Å². The van der Waals surface area contributed by atoms with Gasteiger partial charge < -0.3 is 4.74 Å². The number of ether oxygens (including phenoxy) is 1. The smallest absolute Gasteiger partial charge is 0.196 e. The van der Waals surface area contributed by atoms with E-state index >= 15 is 0 Å². The Kier molecular flexibility index (Phi) is 3.95. The van der Waals surface area contributed by atoms with Gasteiger partial charge in [-0.25, -0.2) is 4.39 Å². The van der Waals surface area contributed by atoms with E-state index in [1.807, 2.05) is 6.07 Å². The molecule has 0 unspecified atom stereocenters. The Labute approximate surface area is 137 Å². The Bertz CT molecular complexity index is 769. The standard InChI is InChI=1S/C16H9Br2FO2/c17-11-1-3-14(19)9(6-11)5-10-8-21-15-4-2-12(18)7-13(15)16(10)20/h1-7H,8H2/b10-5+. The summed E-state index contributed by atoms with van der Waals surface area (Å²) < 4.78 is 20.9. The zero-order valence-electron chi connectivity index (χ0n) is 10.7. The Balaban J connectivity index is 2.03. The van der Waals surface area contributed by atoms with Crippen molar-refractivity contribution >= 4 is 43.7 Å². The Hall–Kier alpha value is -1.46. The molecule has 3 rings (SSSR count). The molecule has 2 aromatic rings. The van der Waals surface area contributed by atoms with Crippen LogP contribution < -0.4 is 4.74 Å². The first-order chi connectivity index (χ1) is 10.0. The maximum atomic E-state index is 13.8. The number of fused-ring (bicyclic) bond motifs is 1. The average molecular weight is 412 g/mol. The molecular weight excluding hydrogens is 403 g/mol. The zero-order chi connectivity index (χ0) is 15.0. The number of rotatable bonds is 1. The highest BCUT2D eigenvalue weighted by Crippen LogP contribution is 2.31. The molecule has 5 heteroatoms. The Morgan fingerprint density at radius 2 is 1.81 bits per heavy atom. The highest BCUT2D eigenvalue weighted by Gasteiger charge is 2.23. The highest BCUT2D eigenvalue weighted by molar-refractivity contribution is 9.10. The lowest BCUT2D eigenvalue weighted by Crippen LogP contribution is -2.19. The number of hydrogen-bond acceptors (Lipinski definition) is 2. The summed E-state index contributed by atoms with van der Waals surface area (Å²) in [6.45, 7) is 0.138. The average Bonchev–Trinajstić information content (AvgIpc) is 2.46. The van der Waals surface area contributed by atoms with Gasteiger partial charge >= 0.3 is 0 Å². The van der Waals surface area contributed by atoms with E-state index in [2.05, 4.69) is 31.9 Å². The van der Waals surface area contributed by atoms with Crippen LogP contribution in [0.3, 0.4) is 0 Å². The summed E-state index contributed by atoms with van der Waals surface area (Å²) in [7, 11) is 0. The third kappa shape index (κ3) is 2.94. The second kappa shape index (κ2) is 5.73. The molecule has 1 heterocycles. The van der Waals surface area contributed by atoms with E-state index in [9.17, 15) is 9.18 Å². The van der Waals surface area contributed by atoms with Crippen LogP contribution in [0, 0.1) is 5.82 Å². The minimum absolute atomic E-state index is 0.138. The summed E-state index contributed by atoms with van der Waals surface area (Å²) in [5.41, 5.74) is 1.27. The van der Waals surface area contributed by atoms with Gasteiger partial charge in [0.25, 0.3) is 0 Å². The lowest BCUT2D eigenvalue weighted by atomic mass is 9.98. The molecule has 0 radical (unpaired) electrons. The summed E-state index contributed by atoms with van der Waals surface area (Å²) in [4.78, 5) is 12.5. The summed E-state index contributed by atoms with van der Waals surface area (Å²) in [5, 5.41) is 0. The maximum Gasteiger partial charge on any atom is 0.196 e. The summed E-state index contributed by atoms with van der Waals surface area (Å²) in [6.07, 6.45) is 1.53. The molecule has 0 aliphatic carbocycles. The lowest BCUT2D eigenvalue weighted by Gasteiger charge is -2.19. The van der Waals surface area contributed by atoms with Gasteiger partial charge in [0.1, 0.15) is 18.2 Å². The number of carbonyl (C=O) groups is 1. The van der Waals surface area contributed by atoms with Crippen LogP contribution in [-0.4, -0.2) is 12.4 Å². The molecule has 2 aromatic carbocycles. The Morgan fingerprint density at radius 1 is 1.10 bits per heavy atom. The first-order valence-corrected chi connectivity index (χ1v) is 7.76. The predicted molar refractivity (Wildman–Crippen MR) is 86.0 cm³/mol. The fourth-order valence-electron chi connectivity index (χ4n) is 2.12. The molecule has 0 fully saturated rings. The summed E-state index contributed by atoms with van der Waals surface area (Å²) >= 11 is 6.63.